The van der Waals surface area contributed by atoms with E-state index in [1.54, 1.807) is 36.2 Å². The molecule has 0 atom stereocenters. The summed E-state index contributed by atoms with van der Waals surface area (Å²) in [5, 5.41) is 8.07. The van der Waals surface area contributed by atoms with Crippen molar-refractivity contribution in [2.75, 3.05) is 7.05 Å². The van der Waals surface area contributed by atoms with E-state index >= 15 is 0 Å². The van der Waals surface area contributed by atoms with Crippen LogP contribution in [0.3, 0.4) is 0 Å². The summed E-state index contributed by atoms with van der Waals surface area (Å²) in [6.07, 6.45) is 4.27. The van der Waals surface area contributed by atoms with Crippen molar-refractivity contribution in [1.29, 1.82) is 0 Å². The van der Waals surface area contributed by atoms with Gasteiger partial charge in [0.15, 0.2) is 0 Å². The molecule has 0 aliphatic heterocycles. The van der Waals surface area contributed by atoms with Crippen molar-refractivity contribution in [2.45, 2.75) is 45.2 Å². The van der Waals surface area contributed by atoms with Crippen LogP contribution in [0.1, 0.15) is 32.6 Å². The topological polar surface area (TPSA) is 73.0 Å². The number of hydrogen-bond acceptors (Lipinski definition) is 4. The number of carbonyl (C=O) groups excluding carboxylic acids is 1. The Morgan fingerprint density at radius 3 is 2.60 bits per heavy atom. The van der Waals surface area contributed by atoms with Gasteiger partial charge in [-0.25, -0.2) is 4.79 Å². The fraction of sp³-hybridized carbons (Fsp3) is 0.529. The Bertz CT molecular complexity index is 807. The summed E-state index contributed by atoms with van der Waals surface area (Å²) >= 11 is 6.10. The van der Waals surface area contributed by atoms with E-state index in [1.807, 2.05) is 0 Å². The van der Waals surface area contributed by atoms with Crippen LogP contribution in [0.4, 0.5) is 0 Å². The van der Waals surface area contributed by atoms with Crippen LogP contribution in [0, 0.1) is 5.92 Å². The number of aromatic nitrogens is 4. The molecule has 0 spiro atoms. The summed E-state index contributed by atoms with van der Waals surface area (Å²) < 4.78 is 2.19. The molecule has 1 aromatic heterocycles. The molecule has 1 saturated carbocycles. The molecule has 0 N–H and O–H groups in total. The number of hydrogen-bond donors (Lipinski definition) is 0. The number of para-hydroxylation sites is 1. The van der Waals surface area contributed by atoms with Gasteiger partial charge in [-0.15, -0.1) is 0 Å². The van der Waals surface area contributed by atoms with Crippen LogP contribution in [-0.4, -0.2) is 43.7 Å². The van der Waals surface area contributed by atoms with Gasteiger partial charge in [-0.2, -0.15) is 9.36 Å². The van der Waals surface area contributed by atoms with Crippen LogP contribution >= 0.6 is 11.6 Å². The molecular weight excluding hydrogens is 342 g/mol. The maximum absolute atomic E-state index is 12.5. The smallest absolute Gasteiger partial charge is 0.341 e. The zero-order valence-corrected chi connectivity index (χ0v) is 15.2. The highest BCUT2D eigenvalue weighted by atomic mass is 35.5. The molecule has 0 radical (unpaired) electrons. The van der Waals surface area contributed by atoms with Crippen molar-refractivity contribution < 1.29 is 4.79 Å². The van der Waals surface area contributed by atoms with Gasteiger partial charge < -0.3 is 4.90 Å². The van der Waals surface area contributed by atoms with Crippen LogP contribution in [0.2, 0.25) is 5.02 Å². The maximum Gasteiger partial charge on any atom is 0.369 e. The van der Waals surface area contributed by atoms with Crippen LogP contribution in [0.5, 0.6) is 0 Å². The summed E-state index contributed by atoms with van der Waals surface area (Å²) in [6.45, 7) is 2.12. The normalized spacial score (nSPS) is 20.4. The molecule has 0 bridgehead atoms. The second-order valence-corrected chi connectivity index (χ2v) is 7.11. The molecule has 1 aromatic carbocycles. The third-order valence-corrected chi connectivity index (χ3v) is 5.25. The van der Waals surface area contributed by atoms with Crippen LogP contribution < -0.4 is 5.69 Å². The molecule has 3 rings (SSSR count). The minimum atomic E-state index is -0.480. The number of rotatable bonds is 4. The first-order valence-electron chi connectivity index (χ1n) is 8.50. The fourth-order valence-corrected chi connectivity index (χ4v) is 3.44. The van der Waals surface area contributed by atoms with Gasteiger partial charge in [-0.3, -0.25) is 4.79 Å². The predicted molar refractivity (Wildman–Crippen MR) is 94.8 cm³/mol. The molecular formula is C17H22ClN5O2. The molecule has 0 saturated heterocycles. The van der Waals surface area contributed by atoms with Crippen LogP contribution in [0.25, 0.3) is 5.69 Å². The Morgan fingerprint density at radius 1 is 1.24 bits per heavy atom. The van der Waals surface area contributed by atoms with Crippen molar-refractivity contribution in [1.82, 2.24) is 24.7 Å². The fourth-order valence-electron chi connectivity index (χ4n) is 3.22. The van der Waals surface area contributed by atoms with Crippen molar-refractivity contribution in [2.24, 2.45) is 5.92 Å². The first-order chi connectivity index (χ1) is 12.0. The van der Waals surface area contributed by atoms with Crippen molar-refractivity contribution >= 4 is 17.5 Å². The Labute approximate surface area is 151 Å². The van der Waals surface area contributed by atoms with E-state index in [9.17, 15) is 9.59 Å². The average Bonchev–Trinajstić information content (AvgIpc) is 2.96. The number of amides is 1. The Hall–Kier alpha value is -2.15. The Kier molecular flexibility index (Phi) is 5.22. The third-order valence-electron chi connectivity index (χ3n) is 4.93. The summed E-state index contributed by atoms with van der Waals surface area (Å²) in [6, 6.07) is 7.11. The number of benzene rings is 1. The van der Waals surface area contributed by atoms with E-state index in [4.69, 9.17) is 11.6 Å². The quantitative estimate of drug-likeness (QED) is 0.834. The molecule has 0 unspecified atom stereocenters. The van der Waals surface area contributed by atoms with E-state index in [0.29, 0.717) is 10.7 Å². The predicted octanol–water partition coefficient (Wildman–Crippen LogP) is 2.12. The average molecular weight is 364 g/mol. The van der Waals surface area contributed by atoms with Gasteiger partial charge in [-0.1, -0.05) is 30.7 Å². The molecule has 134 valence electrons. The van der Waals surface area contributed by atoms with Gasteiger partial charge in [0.2, 0.25) is 5.91 Å². The summed E-state index contributed by atoms with van der Waals surface area (Å²) in [4.78, 5) is 26.7. The SMILES string of the molecule is CC1CCC(N(C)C(=O)Cn2nnn(-c3ccccc3Cl)c2=O)CC1. The van der Waals surface area contributed by atoms with E-state index in [-0.39, 0.29) is 18.5 Å². The summed E-state index contributed by atoms with van der Waals surface area (Å²) in [7, 11) is 1.80. The molecule has 7 nitrogen and oxygen atoms in total. The Balaban J connectivity index is 1.72. The highest BCUT2D eigenvalue weighted by Gasteiger charge is 2.25. The maximum atomic E-state index is 12.5. The van der Waals surface area contributed by atoms with Gasteiger partial charge in [-0.05, 0) is 54.2 Å². The lowest BCUT2D eigenvalue weighted by atomic mass is 9.87. The van der Waals surface area contributed by atoms with Gasteiger partial charge >= 0.3 is 5.69 Å². The number of tetrazole rings is 1. The lowest BCUT2D eigenvalue weighted by Crippen LogP contribution is -2.42. The zero-order chi connectivity index (χ0) is 18.0. The monoisotopic (exact) mass is 363 g/mol. The molecule has 1 fully saturated rings. The first kappa shape index (κ1) is 17.7. The molecule has 1 aliphatic carbocycles. The lowest BCUT2D eigenvalue weighted by Gasteiger charge is -2.33. The van der Waals surface area contributed by atoms with Gasteiger partial charge in [0.25, 0.3) is 0 Å². The second-order valence-electron chi connectivity index (χ2n) is 6.70. The molecule has 25 heavy (non-hydrogen) atoms. The van der Waals surface area contributed by atoms with E-state index < -0.39 is 5.69 Å². The van der Waals surface area contributed by atoms with Gasteiger partial charge in [0.05, 0.1) is 10.7 Å². The summed E-state index contributed by atoms with van der Waals surface area (Å²) in [5.41, 5.74) is -0.0328. The second kappa shape index (κ2) is 7.39. The molecule has 1 amide bonds. The van der Waals surface area contributed by atoms with Crippen LogP contribution in [0.15, 0.2) is 29.1 Å². The van der Waals surface area contributed by atoms with Gasteiger partial charge in [0, 0.05) is 13.1 Å². The Morgan fingerprint density at radius 2 is 1.92 bits per heavy atom. The number of likely N-dealkylation sites (N-methyl/N-ethyl adjacent to an activating group) is 1. The minimum Gasteiger partial charge on any atom is -0.341 e. The van der Waals surface area contributed by atoms with E-state index in [0.717, 1.165) is 41.0 Å². The van der Waals surface area contributed by atoms with Crippen molar-refractivity contribution in [3.63, 3.8) is 0 Å². The highest BCUT2D eigenvalue weighted by molar-refractivity contribution is 6.32. The minimum absolute atomic E-state index is 0.119. The zero-order valence-electron chi connectivity index (χ0n) is 14.4. The highest BCUT2D eigenvalue weighted by Crippen LogP contribution is 2.26. The molecule has 1 heterocycles. The van der Waals surface area contributed by atoms with Crippen molar-refractivity contribution in [3.05, 3.63) is 39.8 Å². The number of halogens is 1. The number of nitrogens with zero attached hydrogens (tertiary/aromatic N) is 5. The molecule has 8 heteroatoms. The van der Waals surface area contributed by atoms with Crippen LogP contribution in [-0.2, 0) is 11.3 Å². The molecule has 2 aromatic rings. The van der Waals surface area contributed by atoms with E-state index in [1.165, 1.54) is 0 Å². The van der Waals surface area contributed by atoms with E-state index in [2.05, 4.69) is 17.4 Å². The first-order valence-corrected chi connectivity index (χ1v) is 8.88. The van der Waals surface area contributed by atoms with Gasteiger partial charge in [0.1, 0.15) is 6.54 Å². The lowest BCUT2D eigenvalue weighted by molar-refractivity contribution is -0.133. The third kappa shape index (κ3) is 3.76. The number of carbonyl (C=O) groups is 1. The standard InChI is InChI=1S/C17H22ClN5O2/c1-12-7-9-13(10-8-12)21(2)16(24)11-22-17(25)23(20-19-22)15-6-4-3-5-14(15)18/h3-6,12-13H,7-11H2,1-2H3. The van der Waals surface area contributed by atoms with Crippen molar-refractivity contribution in [3.8, 4) is 5.69 Å². The summed E-state index contributed by atoms with van der Waals surface area (Å²) in [5.74, 6) is 0.589. The largest absolute Gasteiger partial charge is 0.369 e. The molecule has 1 aliphatic rings.